The molecule has 0 bridgehead atoms. The third-order valence-corrected chi connectivity index (χ3v) is 3.10. The molecular weight excluding hydrogens is 174 g/mol. The first-order chi connectivity index (χ1) is 6.66. The van der Waals surface area contributed by atoms with Crippen LogP contribution in [0.4, 0.5) is 5.69 Å². The van der Waals surface area contributed by atoms with Gasteiger partial charge in [-0.2, -0.15) is 0 Å². The van der Waals surface area contributed by atoms with Gasteiger partial charge in [-0.3, -0.25) is 0 Å². The maximum atomic E-state index is 9.43. The molecule has 14 heavy (non-hydrogen) atoms. The van der Waals surface area contributed by atoms with Crippen LogP contribution >= 0.6 is 0 Å². The van der Waals surface area contributed by atoms with Crippen LogP contribution in [-0.4, -0.2) is 17.3 Å². The van der Waals surface area contributed by atoms with Gasteiger partial charge in [-0.15, -0.1) is 0 Å². The minimum absolute atomic E-state index is 0.156. The largest absolute Gasteiger partial charge is 0.391 e. The Morgan fingerprint density at radius 1 is 1.21 bits per heavy atom. The number of rotatable bonds is 2. The Morgan fingerprint density at radius 2 is 2.00 bits per heavy atom. The SMILES string of the molecule is Cc1ccc(N[C@@H]2CC[C@H]2O)cc1C. The topological polar surface area (TPSA) is 32.3 Å². The number of aliphatic hydroxyl groups is 1. The third kappa shape index (κ3) is 1.75. The molecule has 0 radical (unpaired) electrons. The number of hydrogen-bond acceptors (Lipinski definition) is 2. The van der Waals surface area contributed by atoms with Crippen LogP contribution in [0.25, 0.3) is 0 Å². The number of hydrogen-bond donors (Lipinski definition) is 2. The molecule has 1 aliphatic rings. The summed E-state index contributed by atoms with van der Waals surface area (Å²) in [6.07, 6.45) is 1.85. The molecule has 0 aromatic heterocycles. The van der Waals surface area contributed by atoms with Gasteiger partial charge in [0.15, 0.2) is 0 Å². The van der Waals surface area contributed by atoms with E-state index in [9.17, 15) is 5.11 Å². The van der Waals surface area contributed by atoms with Gasteiger partial charge in [0.1, 0.15) is 0 Å². The van der Waals surface area contributed by atoms with E-state index in [1.165, 1.54) is 11.1 Å². The fraction of sp³-hybridized carbons (Fsp3) is 0.500. The van der Waals surface area contributed by atoms with E-state index in [0.29, 0.717) is 0 Å². The standard InChI is InChI=1S/C12H17NO/c1-8-3-4-10(7-9(8)2)13-11-5-6-12(11)14/h3-4,7,11-14H,5-6H2,1-2H3/t11-,12-/m1/s1. The van der Waals surface area contributed by atoms with Gasteiger partial charge in [-0.25, -0.2) is 0 Å². The summed E-state index contributed by atoms with van der Waals surface area (Å²) in [5.41, 5.74) is 3.73. The van der Waals surface area contributed by atoms with Gasteiger partial charge in [-0.05, 0) is 49.9 Å². The summed E-state index contributed by atoms with van der Waals surface area (Å²) >= 11 is 0. The van der Waals surface area contributed by atoms with Gasteiger partial charge in [0, 0.05) is 5.69 Å². The van der Waals surface area contributed by atoms with E-state index in [-0.39, 0.29) is 12.1 Å². The molecule has 2 atom stereocenters. The van der Waals surface area contributed by atoms with Crippen molar-refractivity contribution >= 4 is 5.69 Å². The minimum Gasteiger partial charge on any atom is -0.391 e. The molecule has 0 aliphatic heterocycles. The first kappa shape index (κ1) is 9.53. The Balaban J connectivity index is 2.06. The lowest BCUT2D eigenvalue weighted by molar-refractivity contribution is 0.0786. The van der Waals surface area contributed by atoms with Crippen LogP contribution in [-0.2, 0) is 0 Å². The molecule has 0 spiro atoms. The predicted molar refractivity (Wildman–Crippen MR) is 58.6 cm³/mol. The summed E-state index contributed by atoms with van der Waals surface area (Å²) in [5.74, 6) is 0. The lowest BCUT2D eigenvalue weighted by atomic mass is 9.89. The van der Waals surface area contributed by atoms with Crippen LogP contribution in [0, 0.1) is 13.8 Å². The fourth-order valence-electron chi connectivity index (χ4n) is 1.70. The number of aliphatic hydroxyl groups excluding tert-OH is 1. The summed E-state index contributed by atoms with van der Waals surface area (Å²) in [5, 5.41) is 12.8. The average molecular weight is 191 g/mol. The second-order valence-corrected chi connectivity index (χ2v) is 4.19. The zero-order valence-corrected chi connectivity index (χ0v) is 8.75. The van der Waals surface area contributed by atoms with Gasteiger partial charge in [0.2, 0.25) is 0 Å². The summed E-state index contributed by atoms with van der Waals surface area (Å²) in [7, 11) is 0. The van der Waals surface area contributed by atoms with E-state index < -0.39 is 0 Å². The smallest absolute Gasteiger partial charge is 0.0741 e. The zero-order valence-electron chi connectivity index (χ0n) is 8.75. The third-order valence-electron chi connectivity index (χ3n) is 3.10. The fourth-order valence-corrected chi connectivity index (χ4v) is 1.70. The molecular formula is C12H17NO. The Morgan fingerprint density at radius 3 is 2.50 bits per heavy atom. The molecule has 1 fully saturated rings. The zero-order chi connectivity index (χ0) is 10.1. The Kier molecular flexibility index (Phi) is 2.46. The molecule has 0 amide bonds. The van der Waals surface area contributed by atoms with Crippen molar-refractivity contribution < 1.29 is 5.11 Å². The normalized spacial score (nSPS) is 25.6. The van der Waals surface area contributed by atoms with E-state index >= 15 is 0 Å². The molecule has 1 aromatic carbocycles. The second kappa shape index (κ2) is 3.62. The average Bonchev–Trinajstić information content (AvgIpc) is 2.17. The van der Waals surface area contributed by atoms with Gasteiger partial charge in [-0.1, -0.05) is 6.07 Å². The van der Waals surface area contributed by atoms with Crippen LogP contribution in [0.1, 0.15) is 24.0 Å². The van der Waals surface area contributed by atoms with Crippen molar-refractivity contribution in [2.45, 2.75) is 38.8 Å². The molecule has 2 rings (SSSR count). The highest BCUT2D eigenvalue weighted by Gasteiger charge is 2.28. The predicted octanol–water partition coefficient (Wildman–Crippen LogP) is 2.24. The van der Waals surface area contributed by atoms with Crippen molar-refractivity contribution in [3.05, 3.63) is 29.3 Å². The maximum Gasteiger partial charge on any atom is 0.0741 e. The monoisotopic (exact) mass is 191 g/mol. The molecule has 1 aliphatic carbocycles. The van der Waals surface area contributed by atoms with Crippen LogP contribution < -0.4 is 5.32 Å². The molecule has 76 valence electrons. The molecule has 0 heterocycles. The van der Waals surface area contributed by atoms with Crippen molar-refractivity contribution in [3.63, 3.8) is 0 Å². The molecule has 0 unspecified atom stereocenters. The van der Waals surface area contributed by atoms with Crippen LogP contribution in [0.5, 0.6) is 0 Å². The van der Waals surface area contributed by atoms with Crippen molar-refractivity contribution in [3.8, 4) is 0 Å². The number of nitrogens with one attached hydrogen (secondary N) is 1. The molecule has 2 nitrogen and oxygen atoms in total. The van der Waals surface area contributed by atoms with Crippen molar-refractivity contribution in [1.29, 1.82) is 0 Å². The number of anilines is 1. The van der Waals surface area contributed by atoms with Gasteiger partial charge in [0.05, 0.1) is 12.1 Å². The first-order valence-electron chi connectivity index (χ1n) is 5.18. The van der Waals surface area contributed by atoms with Gasteiger partial charge < -0.3 is 10.4 Å². The van der Waals surface area contributed by atoms with E-state index in [0.717, 1.165) is 18.5 Å². The highest BCUT2D eigenvalue weighted by atomic mass is 16.3. The number of benzene rings is 1. The summed E-state index contributed by atoms with van der Waals surface area (Å²) in [6, 6.07) is 6.59. The molecule has 2 N–H and O–H groups in total. The molecule has 1 saturated carbocycles. The Labute approximate surface area is 85.0 Å². The minimum atomic E-state index is -0.156. The number of aryl methyl sites for hydroxylation is 2. The van der Waals surface area contributed by atoms with Crippen LogP contribution in [0.3, 0.4) is 0 Å². The summed E-state index contributed by atoms with van der Waals surface area (Å²) < 4.78 is 0. The lowest BCUT2D eigenvalue weighted by Gasteiger charge is -2.33. The molecule has 1 aromatic rings. The van der Waals surface area contributed by atoms with Crippen molar-refractivity contribution in [2.24, 2.45) is 0 Å². The van der Waals surface area contributed by atoms with Crippen LogP contribution in [0.15, 0.2) is 18.2 Å². The van der Waals surface area contributed by atoms with E-state index in [1.807, 2.05) is 0 Å². The first-order valence-corrected chi connectivity index (χ1v) is 5.18. The van der Waals surface area contributed by atoms with E-state index in [4.69, 9.17) is 0 Å². The lowest BCUT2D eigenvalue weighted by Crippen LogP contribution is -2.42. The van der Waals surface area contributed by atoms with Crippen LogP contribution in [0.2, 0.25) is 0 Å². The van der Waals surface area contributed by atoms with E-state index in [2.05, 4.69) is 37.4 Å². The molecule has 0 saturated heterocycles. The van der Waals surface area contributed by atoms with Gasteiger partial charge >= 0.3 is 0 Å². The Bertz CT molecular complexity index is 335. The Hall–Kier alpha value is -1.02. The van der Waals surface area contributed by atoms with E-state index in [1.54, 1.807) is 0 Å². The second-order valence-electron chi connectivity index (χ2n) is 4.19. The van der Waals surface area contributed by atoms with Crippen molar-refractivity contribution in [1.82, 2.24) is 0 Å². The van der Waals surface area contributed by atoms with Crippen molar-refractivity contribution in [2.75, 3.05) is 5.32 Å². The summed E-state index contributed by atoms with van der Waals surface area (Å²) in [4.78, 5) is 0. The highest BCUT2D eigenvalue weighted by Crippen LogP contribution is 2.24. The maximum absolute atomic E-state index is 9.43. The molecule has 2 heteroatoms. The highest BCUT2D eigenvalue weighted by molar-refractivity contribution is 5.49. The summed E-state index contributed by atoms with van der Waals surface area (Å²) in [6.45, 7) is 4.22. The van der Waals surface area contributed by atoms with Gasteiger partial charge in [0.25, 0.3) is 0 Å². The quantitative estimate of drug-likeness (QED) is 0.751.